The van der Waals surface area contributed by atoms with Crippen molar-refractivity contribution >= 4 is 17.3 Å². The van der Waals surface area contributed by atoms with Gasteiger partial charge in [-0.25, -0.2) is 0 Å². The van der Waals surface area contributed by atoms with Crippen molar-refractivity contribution in [2.45, 2.75) is 26.1 Å². The van der Waals surface area contributed by atoms with Crippen molar-refractivity contribution in [3.8, 4) is 0 Å². The number of ether oxygens (including phenoxy) is 1. The molecule has 0 unspecified atom stereocenters. The minimum Gasteiger partial charge on any atom is -0.359 e. The van der Waals surface area contributed by atoms with Crippen LogP contribution in [-0.2, 0) is 9.53 Å². The first-order chi connectivity index (χ1) is 9.60. The SMILES string of the molecule is Cc1ccc(NC(=O)[C@@H](C)OCC(F)(F)F)cc1[N+](=O)[O-]. The number of amides is 1. The fraction of sp³-hybridized carbons (Fsp3) is 0.417. The molecule has 21 heavy (non-hydrogen) atoms. The molecule has 0 aliphatic heterocycles. The van der Waals surface area contributed by atoms with Crippen LogP contribution in [0, 0.1) is 17.0 Å². The Hall–Kier alpha value is -2.16. The van der Waals surface area contributed by atoms with Gasteiger partial charge in [-0.15, -0.1) is 0 Å². The molecule has 9 heteroatoms. The van der Waals surface area contributed by atoms with E-state index in [0.29, 0.717) is 5.56 Å². The highest BCUT2D eigenvalue weighted by atomic mass is 19.4. The van der Waals surface area contributed by atoms with E-state index in [9.17, 15) is 28.1 Å². The van der Waals surface area contributed by atoms with E-state index in [4.69, 9.17) is 0 Å². The number of carbonyl (C=O) groups excluding carboxylic acids is 1. The lowest BCUT2D eigenvalue weighted by molar-refractivity contribution is -0.385. The lowest BCUT2D eigenvalue weighted by Crippen LogP contribution is -2.31. The highest BCUT2D eigenvalue weighted by molar-refractivity contribution is 5.94. The molecule has 0 radical (unpaired) electrons. The fourth-order valence-corrected chi connectivity index (χ4v) is 1.42. The summed E-state index contributed by atoms with van der Waals surface area (Å²) in [5.74, 6) is -0.822. The fourth-order valence-electron chi connectivity index (χ4n) is 1.42. The van der Waals surface area contributed by atoms with Crippen LogP contribution in [-0.4, -0.2) is 29.7 Å². The smallest absolute Gasteiger partial charge is 0.359 e. The summed E-state index contributed by atoms with van der Waals surface area (Å²) in [4.78, 5) is 21.8. The van der Waals surface area contributed by atoms with Crippen LogP contribution in [0.5, 0.6) is 0 Å². The second-order valence-electron chi connectivity index (χ2n) is 4.32. The highest BCUT2D eigenvalue weighted by Crippen LogP contribution is 2.22. The Morgan fingerprint density at radius 1 is 1.48 bits per heavy atom. The van der Waals surface area contributed by atoms with E-state index >= 15 is 0 Å². The Kier molecular flexibility index (Phi) is 5.25. The number of nitrogens with zero attached hydrogens (tertiary/aromatic N) is 1. The van der Waals surface area contributed by atoms with Crippen LogP contribution < -0.4 is 5.32 Å². The maximum absolute atomic E-state index is 12.0. The molecule has 0 heterocycles. The van der Waals surface area contributed by atoms with Crippen LogP contribution in [0.25, 0.3) is 0 Å². The minimum atomic E-state index is -4.53. The Bertz CT molecular complexity index is 546. The van der Waals surface area contributed by atoms with Crippen LogP contribution in [0.2, 0.25) is 0 Å². The minimum absolute atomic E-state index is 0.111. The Balaban J connectivity index is 2.70. The van der Waals surface area contributed by atoms with Gasteiger partial charge in [-0.1, -0.05) is 6.07 Å². The second-order valence-corrected chi connectivity index (χ2v) is 4.32. The Labute approximate surface area is 118 Å². The maximum Gasteiger partial charge on any atom is 0.411 e. The van der Waals surface area contributed by atoms with E-state index in [2.05, 4.69) is 10.1 Å². The van der Waals surface area contributed by atoms with E-state index < -0.39 is 29.7 Å². The molecule has 0 spiro atoms. The molecule has 0 aliphatic rings. The zero-order valence-corrected chi connectivity index (χ0v) is 11.2. The summed E-state index contributed by atoms with van der Waals surface area (Å²) in [6, 6.07) is 3.97. The van der Waals surface area contributed by atoms with E-state index in [1.807, 2.05) is 0 Å². The van der Waals surface area contributed by atoms with Gasteiger partial charge in [0.15, 0.2) is 0 Å². The summed E-state index contributed by atoms with van der Waals surface area (Å²) in [6.45, 7) is 1.14. The molecule has 1 N–H and O–H groups in total. The van der Waals surface area contributed by atoms with Gasteiger partial charge in [0.1, 0.15) is 12.7 Å². The predicted octanol–water partition coefficient (Wildman–Crippen LogP) is 2.81. The molecule has 0 saturated carbocycles. The molecule has 1 aromatic rings. The number of carbonyl (C=O) groups is 1. The van der Waals surface area contributed by atoms with Crippen molar-refractivity contribution in [2.24, 2.45) is 0 Å². The molecule has 0 saturated heterocycles. The van der Waals surface area contributed by atoms with Crippen molar-refractivity contribution in [1.82, 2.24) is 0 Å². The van der Waals surface area contributed by atoms with Gasteiger partial charge in [-0.2, -0.15) is 13.2 Å². The van der Waals surface area contributed by atoms with E-state index in [-0.39, 0.29) is 11.4 Å². The standard InChI is InChI=1S/C12H13F3N2O4/c1-7-3-4-9(5-10(7)17(19)20)16-11(18)8(2)21-6-12(13,14)15/h3-5,8H,6H2,1-2H3,(H,16,18)/t8-/m1/s1. The van der Waals surface area contributed by atoms with Gasteiger partial charge in [0.25, 0.3) is 11.6 Å². The van der Waals surface area contributed by atoms with Crippen molar-refractivity contribution < 1.29 is 27.6 Å². The number of hydrogen-bond donors (Lipinski definition) is 1. The molecule has 0 fully saturated rings. The summed E-state index contributed by atoms with van der Waals surface area (Å²) in [7, 11) is 0. The number of hydrogen-bond acceptors (Lipinski definition) is 4. The first-order valence-corrected chi connectivity index (χ1v) is 5.84. The molecule has 1 amide bonds. The van der Waals surface area contributed by atoms with Crippen LogP contribution in [0.1, 0.15) is 12.5 Å². The van der Waals surface area contributed by atoms with Gasteiger partial charge >= 0.3 is 6.18 Å². The molecule has 0 aromatic heterocycles. The molecule has 1 rings (SSSR count). The summed E-state index contributed by atoms with van der Waals surface area (Å²) in [5.41, 5.74) is 0.316. The normalized spacial score (nSPS) is 12.8. The highest BCUT2D eigenvalue weighted by Gasteiger charge is 2.30. The van der Waals surface area contributed by atoms with E-state index in [1.54, 1.807) is 0 Å². The lowest BCUT2D eigenvalue weighted by atomic mass is 10.2. The third-order valence-corrected chi connectivity index (χ3v) is 2.54. The lowest BCUT2D eigenvalue weighted by Gasteiger charge is -2.14. The summed E-state index contributed by atoms with van der Waals surface area (Å²) in [5, 5.41) is 13.0. The van der Waals surface area contributed by atoms with Gasteiger partial charge in [-0.3, -0.25) is 14.9 Å². The van der Waals surface area contributed by atoms with Crippen molar-refractivity contribution in [1.29, 1.82) is 0 Å². The van der Waals surface area contributed by atoms with Crippen LogP contribution in [0.15, 0.2) is 18.2 Å². The number of anilines is 1. The number of nitro groups is 1. The third-order valence-electron chi connectivity index (χ3n) is 2.54. The number of benzene rings is 1. The zero-order valence-electron chi connectivity index (χ0n) is 11.2. The Morgan fingerprint density at radius 2 is 2.10 bits per heavy atom. The van der Waals surface area contributed by atoms with E-state index in [0.717, 1.165) is 13.0 Å². The van der Waals surface area contributed by atoms with Gasteiger partial charge in [0.2, 0.25) is 0 Å². The number of nitro benzene ring substituents is 1. The molecular weight excluding hydrogens is 293 g/mol. The maximum atomic E-state index is 12.0. The number of nitrogens with one attached hydrogen (secondary N) is 1. The molecule has 1 atom stereocenters. The van der Waals surface area contributed by atoms with Gasteiger partial charge in [-0.05, 0) is 19.9 Å². The summed E-state index contributed by atoms with van der Waals surface area (Å²) in [6.07, 6.45) is -5.87. The average Bonchev–Trinajstić information content (AvgIpc) is 2.36. The van der Waals surface area contributed by atoms with Crippen LogP contribution in [0.4, 0.5) is 24.5 Å². The number of aryl methyl sites for hydroxylation is 1. The quantitative estimate of drug-likeness (QED) is 0.670. The number of rotatable bonds is 5. The van der Waals surface area contributed by atoms with Gasteiger partial charge in [0.05, 0.1) is 4.92 Å². The van der Waals surface area contributed by atoms with Crippen LogP contribution in [0.3, 0.4) is 0 Å². The molecular formula is C12H13F3N2O4. The molecule has 6 nitrogen and oxygen atoms in total. The topological polar surface area (TPSA) is 81.5 Å². The number of alkyl halides is 3. The van der Waals surface area contributed by atoms with Gasteiger partial charge < -0.3 is 10.1 Å². The monoisotopic (exact) mass is 306 g/mol. The third kappa shape index (κ3) is 5.38. The van der Waals surface area contributed by atoms with Crippen molar-refractivity contribution in [3.63, 3.8) is 0 Å². The largest absolute Gasteiger partial charge is 0.411 e. The zero-order chi connectivity index (χ0) is 16.2. The van der Waals surface area contributed by atoms with Crippen molar-refractivity contribution in [3.05, 3.63) is 33.9 Å². The number of halogens is 3. The molecule has 116 valence electrons. The van der Waals surface area contributed by atoms with Gasteiger partial charge in [0, 0.05) is 17.3 Å². The molecule has 0 aliphatic carbocycles. The van der Waals surface area contributed by atoms with Crippen molar-refractivity contribution in [2.75, 3.05) is 11.9 Å². The van der Waals surface area contributed by atoms with Crippen LogP contribution >= 0.6 is 0 Å². The summed E-state index contributed by atoms with van der Waals surface area (Å²) < 4.78 is 40.3. The average molecular weight is 306 g/mol. The predicted molar refractivity (Wildman–Crippen MR) is 67.9 cm³/mol. The summed E-state index contributed by atoms with van der Waals surface area (Å²) >= 11 is 0. The molecule has 1 aromatic carbocycles. The second kappa shape index (κ2) is 6.53. The first-order valence-electron chi connectivity index (χ1n) is 5.84. The van der Waals surface area contributed by atoms with E-state index in [1.165, 1.54) is 19.1 Å². The Morgan fingerprint density at radius 3 is 2.62 bits per heavy atom. The first kappa shape index (κ1) is 16.9. The molecule has 0 bridgehead atoms.